The molecule has 0 saturated carbocycles. The van der Waals surface area contributed by atoms with E-state index in [1.54, 1.807) is 24.3 Å². The fourth-order valence-electron chi connectivity index (χ4n) is 3.24. The number of carbonyl (C=O) groups is 2. The summed E-state index contributed by atoms with van der Waals surface area (Å²) in [5.41, 5.74) is 5.96. The van der Waals surface area contributed by atoms with Gasteiger partial charge in [0.15, 0.2) is 11.6 Å². The molecule has 3 rings (SSSR count). The van der Waals surface area contributed by atoms with E-state index in [2.05, 4.69) is 0 Å². The molecule has 0 spiro atoms. The maximum absolute atomic E-state index is 14.1. The number of halogens is 3. The normalized spacial score (nSPS) is 20.6. The molecular weight excluding hydrogens is 350 g/mol. The number of primary amides is 1. The molecule has 2 atom stereocenters. The fourth-order valence-corrected chi connectivity index (χ4v) is 3.44. The van der Waals surface area contributed by atoms with Crippen LogP contribution in [0.25, 0.3) is 0 Å². The highest BCUT2D eigenvalue weighted by molar-refractivity contribution is 6.30. The minimum absolute atomic E-state index is 0.139. The Morgan fingerprint density at radius 1 is 1.20 bits per heavy atom. The molecule has 25 heavy (non-hydrogen) atoms. The standard InChI is InChI=1S/C18H15ClF2N2O2/c19-11-4-1-3-10(9-11)12-7-8-23(18(25)15(12)17(22)24)14-6-2-5-13(20)16(14)21/h1-6,9,12,15H,7-8H2,(H2,22,24)/t12-,15-/m1/s1. The first-order chi connectivity index (χ1) is 11.9. The maximum atomic E-state index is 14.1. The molecule has 1 aliphatic rings. The Bertz CT molecular complexity index is 844. The van der Waals surface area contributed by atoms with Crippen molar-refractivity contribution in [1.82, 2.24) is 0 Å². The molecular formula is C18H15ClF2N2O2. The topological polar surface area (TPSA) is 63.4 Å². The van der Waals surface area contributed by atoms with E-state index in [9.17, 15) is 18.4 Å². The minimum atomic E-state index is -1.17. The minimum Gasteiger partial charge on any atom is -0.369 e. The molecule has 1 fully saturated rings. The van der Waals surface area contributed by atoms with Crippen molar-refractivity contribution < 1.29 is 18.4 Å². The van der Waals surface area contributed by atoms with Crippen molar-refractivity contribution in [2.75, 3.05) is 11.4 Å². The van der Waals surface area contributed by atoms with Crippen LogP contribution in [-0.2, 0) is 9.59 Å². The molecule has 2 aromatic rings. The molecule has 0 unspecified atom stereocenters. The quantitative estimate of drug-likeness (QED) is 0.850. The molecule has 2 amide bonds. The summed E-state index contributed by atoms with van der Waals surface area (Å²) in [6, 6.07) is 10.4. The van der Waals surface area contributed by atoms with E-state index in [1.165, 1.54) is 12.1 Å². The van der Waals surface area contributed by atoms with Crippen LogP contribution in [0.1, 0.15) is 17.9 Å². The van der Waals surface area contributed by atoms with E-state index in [-0.39, 0.29) is 12.2 Å². The average molecular weight is 365 g/mol. The first-order valence-electron chi connectivity index (χ1n) is 7.70. The highest BCUT2D eigenvalue weighted by Crippen LogP contribution is 2.37. The van der Waals surface area contributed by atoms with Crippen molar-refractivity contribution in [2.24, 2.45) is 11.7 Å². The molecule has 1 saturated heterocycles. The molecule has 130 valence electrons. The van der Waals surface area contributed by atoms with Crippen molar-refractivity contribution in [2.45, 2.75) is 12.3 Å². The third-order valence-corrected chi connectivity index (χ3v) is 4.64. The summed E-state index contributed by atoms with van der Waals surface area (Å²) in [5, 5.41) is 0.478. The smallest absolute Gasteiger partial charge is 0.240 e. The Kier molecular flexibility index (Phi) is 4.72. The molecule has 1 aliphatic heterocycles. The summed E-state index contributed by atoms with van der Waals surface area (Å²) in [4.78, 5) is 25.8. The number of carbonyl (C=O) groups excluding carboxylic acids is 2. The lowest BCUT2D eigenvalue weighted by Gasteiger charge is -2.36. The van der Waals surface area contributed by atoms with Gasteiger partial charge in [0.25, 0.3) is 0 Å². The molecule has 7 heteroatoms. The first kappa shape index (κ1) is 17.4. The number of amides is 2. The zero-order chi connectivity index (χ0) is 18.1. The van der Waals surface area contributed by atoms with Crippen LogP contribution in [0.3, 0.4) is 0 Å². The van der Waals surface area contributed by atoms with Crippen molar-refractivity contribution in [3.63, 3.8) is 0 Å². The largest absolute Gasteiger partial charge is 0.369 e. The molecule has 4 nitrogen and oxygen atoms in total. The summed E-state index contributed by atoms with van der Waals surface area (Å²) in [6.07, 6.45) is 0.371. The third kappa shape index (κ3) is 3.22. The van der Waals surface area contributed by atoms with Gasteiger partial charge >= 0.3 is 0 Å². The van der Waals surface area contributed by atoms with Gasteiger partial charge in [-0.15, -0.1) is 0 Å². The molecule has 0 aromatic heterocycles. The predicted molar refractivity (Wildman–Crippen MR) is 90.2 cm³/mol. The predicted octanol–water partition coefficient (Wildman–Crippen LogP) is 3.24. The summed E-state index contributed by atoms with van der Waals surface area (Å²) in [6.45, 7) is 0.139. The number of hydrogen-bond donors (Lipinski definition) is 1. The number of benzene rings is 2. The molecule has 0 bridgehead atoms. The lowest BCUT2D eigenvalue weighted by Crippen LogP contribution is -2.50. The van der Waals surface area contributed by atoms with Gasteiger partial charge in [-0.1, -0.05) is 29.8 Å². The Morgan fingerprint density at radius 2 is 1.92 bits per heavy atom. The van der Waals surface area contributed by atoms with E-state index in [1.807, 2.05) is 0 Å². The van der Waals surface area contributed by atoms with Crippen molar-refractivity contribution in [3.8, 4) is 0 Å². The van der Waals surface area contributed by atoms with Crippen molar-refractivity contribution >= 4 is 29.1 Å². The van der Waals surface area contributed by atoms with E-state index in [4.69, 9.17) is 17.3 Å². The number of nitrogens with two attached hydrogens (primary N) is 1. The van der Waals surface area contributed by atoms with Crippen LogP contribution in [0.15, 0.2) is 42.5 Å². The van der Waals surface area contributed by atoms with E-state index in [0.29, 0.717) is 17.0 Å². The van der Waals surface area contributed by atoms with Gasteiger partial charge in [-0.25, -0.2) is 8.78 Å². The van der Waals surface area contributed by atoms with Crippen LogP contribution in [0.4, 0.5) is 14.5 Å². The number of rotatable bonds is 3. The SMILES string of the molecule is NC(=O)[C@@H]1C(=O)N(c2cccc(F)c2F)CC[C@@H]1c1cccc(Cl)c1. The van der Waals surface area contributed by atoms with Gasteiger partial charge in [0, 0.05) is 17.5 Å². The Balaban J connectivity index is 1.98. The van der Waals surface area contributed by atoms with E-state index >= 15 is 0 Å². The summed E-state index contributed by atoms with van der Waals surface area (Å²) < 4.78 is 27.5. The number of piperidine rings is 1. The zero-order valence-electron chi connectivity index (χ0n) is 13.1. The molecule has 1 heterocycles. The van der Waals surface area contributed by atoms with Crippen LogP contribution < -0.4 is 10.6 Å². The van der Waals surface area contributed by atoms with Gasteiger partial charge in [0.1, 0.15) is 5.92 Å². The lowest BCUT2D eigenvalue weighted by atomic mass is 9.79. The van der Waals surface area contributed by atoms with Gasteiger partial charge in [-0.3, -0.25) is 9.59 Å². The first-order valence-corrected chi connectivity index (χ1v) is 8.08. The third-order valence-electron chi connectivity index (χ3n) is 4.40. The fraction of sp³-hybridized carbons (Fsp3) is 0.222. The van der Waals surface area contributed by atoms with Gasteiger partial charge < -0.3 is 10.6 Å². The van der Waals surface area contributed by atoms with Gasteiger partial charge in [0.2, 0.25) is 11.8 Å². The van der Waals surface area contributed by atoms with Crippen LogP contribution in [0, 0.1) is 17.6 Å². The second-order valence-corrected chi connectivity index (χ2v) is 6.33. The number of anilines is 1. The highest BCUT2D eigenvalue weighted by atomic mass is 35.5. The van der Waals surface area contributed by atoms with E-state index in [0.717, 1.165) is 11.0 Å². The molecule has 2 N–H and O–H groups in total. The highest BCUT2D eigenvalue weighted by Gasteiger charge is 2.42. The second kappa shape index (κ2) is 6.80. The Morgan fingerprint density at radius 3 is 2.60 bits per heavy atom. The van der Waals surface area contributed by atoms with Gasteiger partial charge in [-0.05, 0) is 36.2 Å². The maximum Gasteiger partial charge on any atom is 0.240 e. The number of hydrogen-bond acceptors (Lipinski definition) is 2. The average Bonchev–Trinajstić information content (AvgIpc) is 2.57. The summed E-state index contributed by atoms with van der Waals surface area (Å²) in [7, 11) is 0. The van der Waals surface area contributed by atoms with Crippen LogP contribution in [0.5, 0.6) is 0 Å². The van der Waals surface area contributed by atoms with E-state index < -0.39 is 35.3 Å². The van der Waals surface area contributed by atoms with Crippen molar-refractivity contribution in [3.05, 3.63) is 64.7 Å². The number of nitrogens with zero attached hydrogens (tertiary/aromatic N) is 1. The van der Waals surface area contributed by atoms with Crippen LogP contribution >= 0.6 is 11.6 Å². The van der Waals surface area contributed by atoms with Crippen LogP contribution in [-0.4, -0.2) is 18.4 Å². The second-order valence-electron chi connectivity index (χ2n) is 5.89. The van der Waals surface area contributed by atoms with Crippen molar-refractivity contribution in [1.29, 1.82) is 0 Å². The summed E-state index contributed by atoms with van der Waals surface area (Å²) in [5.74, 6) is -5.27. The summed E-state index contributed by atoms with van der Waals surface area (Å²) >= 11 is 5.99. The molecule has 0 aliphatic carbocycles. The lowest BCUT2D eigenvalue weighted by molar-refractivity contribution is -0.134. The van der Waals surface area contributed by atoms with Gasteiger partial charge in [-0.2, -0.15) is 0 Å². The van der Waals surface area contributed by atoms with Crippen LogP contribution in [0.2, 0.25) is 5.02 Å². The monoisotopic (exact) mass is 364 g/mol. The zero-order valence-corrected chi connectivity index (χ0v) is 13.8. The van der Waals surface area contributed by atoms with Gasteiger partial charge in [0.05, 0.1) is 5.69 Å². The Hall–Kier alpha value is -2.47. The molecule has 0 radical (unpaired) electrons. The molecule has 2 aromatic carbocycles. The Labute approximate surface area is 148 Å².